The lowest BCUT2D eigenvalue weighted by atomic mass is 10.3. The Morgan fingerprint density at radius 3 is 2.52 bits per heavy atom. The molecule has 0 aliphatic rings. The fraction of sp³-hybridized carbons (Fsp3) is 0.133. The first kappa shape index (κ1) is 16.5. The molecule has 0 radical (unpaired) electrons. The van der Waals surface area contributed by atoms with Crippen LogP contribution in [0.2, 0.25) is 0 Å². The van der Waals surface area contributed by atoms with Gasteiger partial charge >= 0.3 is 0 Å². The molecule has 0 saturated heterocycles. The normalized spacial score (nSPS) is 11.1. The second-order valence-electron chi connectivity index (χ2n) is 4.86. The molecular formula is C15H14N8OS. The largest absolute Gasteiger partial charge is 0.497 e. The van der Waals surface area contributed by atoms with Gasteiger partial charge < -0.3 is 16.2 Å². The first-order valence-corrected chi connectivity index (χ1v) is 8.29. The minimum atomic E-state index is 0.0974. The molecule has 9 nitrogen and oxygen atoms in total. The van der Waals surface area contributed by atoms with Crippen molar-refractivity contribution in [2.45, 2.75) is 5.03 Å². The molecule has 25 heavy (non-hydrogen) atoms. The molecule has 0 amide bonds. The molecule has 0 unspecified atom stereocenters. The summed E-state index contributed by atoms with van der Waals surface area (Å²) in [6.07, 6.45) is 1.81. The maximum absolute atomic E-state index is 9.25. The van der Waals surface area contributed by atoms with E-state index in [4.69, 9.17) is 16.2 Å². The number of hydrogen-bond donors (Lipinski definition) is 2. The van der Waals surface area contributed by atoms with E-state index in [2.05, 4.69) is 20.3 Å². The predicted molar refractivity (Wildman–Crippen MR) is 95.5 cm³/mol. The van der Waals surface area contributed by atoms with Gasteiger partial charge in [-0.25, -0.2) is 9.50 Å². The number of aromatic nitrogens is 3. The molecule has 0 atom stereocenters. The van der Waals surface area contributed by atoms with Gasteiger partial charge in [0.25, 0.3) is 0 Å². The molecule has 3 rings (SSSR count). The summed E-state index contributed by atoms with van der Waals surface area (Å²) in [4.78, 5) is 4.20. The summed E-state index contributed by atoms with van der Waals surface area (Å²) in [5, 5.41) is 22.3. The number of nitrogens with zero attached hydrogens (tertiary/aromatic N) is 6. The first-order chi connectivity index (χ1) is 12.1. The van der Waals surface area contributed by atoms with E-state index in [1.54, 1.807) is 31.4 Å². The van der Waals surface area contributed by atoms with Gasteiger partial charge in [0.05, 0.1) is 12.8 Å². The number of hydrogen-bond acceptors (Lipinski definition) is 9. The zero-order chi connectivity index (χ0) is 18.0. The number of ether oxygens (including phenoxy) is 1. The number of benzene rings is 1. The fourth-order valence-electron chi connectivity index (χ4n) is 2.19. The number of thioether (sulfide) groups is 1. The van der Waals surface area contributed by atoms with E-state index in [0.717, 1.165) is 5.75 Å². The minimum Gasteiger partial charge on any atom is -0.497 e. The van der Waals surface area contributed by atoms with Crippen LogP contribution in [-0.2, 0) is 0 Å². The highest BCUT2D eigenvalue weighted by Crippen LogP contribution is 2.33. The summed E-state index contributed by atoms with van der Waals surface area (Å²) in [5.74, 6) is 0.965. The van der Waals surface area contributed by atoms with Crippen LogP contribution in [0.25, 0.3) is 5.65 Å². The summed E-state index contributed by atoms with van der Waals surface area (Å²) in [6, 6.07) is 9.09. The number of rotatable bonds is 4. The van der Waals surface area contributed by atoms with Crippen molar-refractivity contribution in [2.75, 3.05) is 24.8 Å². The van der Waals surface area contributed by atoms with Crippen LogP contribution in [0.15, 0.2) is 39.5 Å². The van der Waals surface area contributed by atoms with E-state index < -0.39 is 0 Å². The molecule has 0 aliphatic heterocycles. The van der Waals surface area contributed by atoms with Gasteiger partial charge in [-0.3, -0.25) is 0 Å². The third kappa shape index (κ3) is 2.92. The molecule has 0 spiro atoms. The van der Waals surface area contributed by atoms with Crippen LogP contribution in [0.4, 0.5) is 23.0 Å². The van der Waals surface area contributed by atoms with E-state index in [0.29, 0.717) is 22.0 Å². The average Bonchev–Trinajstić information content (AvgIpc) is 2.94. The van der Waals surface area contributed by atoms with E-state index in [9.17, 15) is 5.26 Å². The van der Waals surface area contributed by atoms with Gasteiger partial charge in [-0.05, 0) is 30.5 Å². The Hall–Kier alpha value is -3.32. The third-order valence-electron chi connectivity index (χ3n) is 3.39. The van der Waals surface area contributed by atoms with Gasteiger partial charge in [-0.1, -0.05) is 0 Å². The monoisotopic (exact) mass is 354 g/mol. The van der Waals surface area contributed by atoms with Crippen LogP contribution >= 0.6 is 11.8 Å². The smallest absolute Gasteiger partial charge is 0.188 e. The number of methoxy groups -OCH3 is 1. The van der Waals surface area contributed by atoms with Crippen molar-refractivity contribution < 1.29 is 4.74 Å². The van der Waals surface area contributed by atoms with Gasteiger partial charge in [-0.2, -0.15) is 10.4 Å². The van der Waals surface area contributed by atoms with Gasteiger partial charge in [0, 0.05) is 0 Å². The van der Waals surface area contributed by atoms with Crippen molar-refractivity contribution in [1.29, 1.82) is 5.26 Å². The highest BCUT2D eigenvalue weighted by Gasteiger charge is 2.19. The number of fused-ring (bicyclic) bond motifs is 1. The molecular weight excluding hydrogens is 340 g/mol. The second kappa shape index (κ2) is 6.66. The Labute approximate surface area is 147 Å². The SMILES string of the molecule is COc1ccc(N=Nc2c(N)nn3c(SC)c(C#N)c(N)nc23)cc1. The lowest BCUT2D eigenvalue weighted by Gasteiger charge is -2.05. The van der Waals surface area contributed by atoms with E-state index >= 15 is 0 Å². The predicted octanol–water partition coefficient (Wildman–Crippen LogP) is 2.91. The third-order valence-corrected chi connectivity index (χ3v) is 4.16. The summed E-state index contributed by atoms with van der Waals surface area (Å²) >= 11 is 1.32. The van der Waals surface area contributed by atoms with Crippen molar-refractivity contribution in [3.63, 3.8) is 0 Å². The van der Waals surface area contributed by atoms with Crippen LogP contribution in [0.5, 0.6) is 5.75 Å². The summed E-state index contributed by atoms with van der Waals surface area (Å²) in [5.41, 5.74) is 13.3. The van der Waals surface area contributed by atoms with Gasteiger partial charge in [0.1, 0.15) is 28.2 Å². The van der Waals surface area contributed by atoms with Gasteiger partial charge in [-0.15, -0.1) is 22.0 Å². The maximum Gasteiger partial charge on any atom is 0.188 e. The van der Waals surface area contributed by atoms with Gasteiger partial charge in [0.2, 0.25) is 0 Å². The van der Waals surface area contributed by atoms with Crippen LogP contribution in [0.1, 0.15) is 5.56 Å². The van der Waals surface area contributed by atoms with Crippen LogP contribution in [0.3, 0.4) is 0 Å². The first-order valence-electron chi connectivity index (χ1n) is 7.06. The maximum atomic E-state index is 9.25. The van der Waals surface area contributed by atoms with Crippen LogP contribution in [-0.4, -0.2) is 28.0 Å². The van der Waals surface area contributed by atoms with Crippen molar-refractivity contribution >= 4 is 40.4 Å². The summed E-state index contributed by atoms with van der Waals surface area (Å²) in [7, 11) is 1.59. The zero-order valence-electron chi connectivity index (χ0n) is 13.5. The van der Waals surface area contributed by atoms with Crippen molar-refractivity contribution in [1.82, 2.24) is 14.6 Å². The molecule has 0 saturated carbocycles. The van der Waals surface area contributed by atoms with E-state index in [1.165, 1.54) is 16.3 Å². The fourth-order valence-corrected chi connectivity index (χ4v) is 2.85. The Balaban J connectivity index is 2.10. The molecule has 2 heterocycles. The lowest BCUT2D eigenvalue weighted by molar-refractivity contribution is 0.415. The average molecular weight is 354 g/mol. The molecule has 1 aromatic carbocycles. The standard InChI is InChI=1S/C15H14N8OS/c1-24-9-5-3-8(4-6-9)20-21-11-13(18)22-23-14(11)19-12(17)10(7-16)15(23)25-2/h3-6H,1-2H3,(H2,17,19)(H2,18,22). The van der Waals surface area contributed by atoms with Gasteiger partial charge in [0.15, 0.2) is 17.2 Å². The molecule has 3 aromatic rings. The highest BCUT2D eigenvalue weighted by molar-refractivity contribution is 7.98. The molecule has 0 bridgehead atoms. The number of nitrogen functional groups attached to an aromatic ring is 2. The Morgan fingerprint density at radius 2 is 1.92 bits per heavy atom. The van der Waals surface area contributed by atoms with E-state index in [-0.39, 0.29) is 17.2 Å². The van der Waals surface area contributed by atoms with E-state index in [1.807, 2.05) is 12.3 Å². The topological polar surface area (TPSA) is 140 Å². The van der Waals surface area contributed by atoms with Crippen molar-refractivity contribution in [2.24, 2.45) is 10.2 Å². The van der Waals surface area contributed by atoms with Crippen molar-refractivity contribution in [3.8, 4) is 11.8 Å². The molecule has 126 valence electrons. The lowest BCUT2D eigenvalue weighted by Crippen LogP contribution is -2.04. The molecule has 0 aliphatic carbocycles. The number of anilines is 2. The molecule has 4 N–H and O–H groups in total. The summed E-state index contributed by atoms with van der Waals surface area (Å²) in [6.45, 7) is 0. The second-order valence-corrected chi connectivity index (χ2v) is 5.66. The molecule has 0 fully saturated rings. The molecule has 10 heteroatoms. The van der Waals surface area contributed by atoms with Crippen LogP contribution in [0, 0.1) is 11.3 Å². The summed E-state index contributed by atoms with van der Waals surface area (Å²) < 4.78 is 6.55. The Morgan fingerprint density at radius 1 is 1.20 bits per heavy atom. The quantitative estimate of drug-likeness (QED) is 0.417. The van der Waals surface area contributed by atoms with Crippen molar-refractivity contribution in [3.05, 3.63) is 29.8 Å². The number of nitriles is 1. The molecule has 2 aromatic heterocycles. The number of azo groups is 1. The highest BCUT2D eigenvalue weighted by atomic mass is 32.2. The number of nitrogens with two attached hydrogens (primary N) is 2. The Kier molecular flexibility index (Phi) is 4.40. The Bertz CT molecular complexity index is 1000. The van der Waals surface area contributed by atoms with Crippen LogP contribution < -0.4 is 16.2 Å². The minimum absolute atomic E-state index is 0.0974. The zero-order valence-corrected chi connectivity index (χ0v) is 14.3.